The van der Waals surface area contributed by atoms with E-state index < -0.39 is 8.32 Å². The summed E-state index contributed by atoms with van der Waals surface area (Å²) in [5.74, 6) is 0.181. The Morgan fingerprint density at radius 1 is 1.00 bits per heavy atom. The van der Waals surface area contributed by atoms with E-state index in [4.69, 9.17) is 9.16 Å². The van der Waals surface area contributed by atoms with E-state index >= 15 is 0 Å². The molecule has 0 aliphatic carbocycles. The molecule has 0 heterocycles. The molecule has 2 rings (SSSR count). The number of hydrogen-bond donors (Lipinski definition) is 0. The second kappa shape index (κ2) is 8.09. The van der Waals surface area contributed by atoms with E-state index in [0.29, 0.717) is 22.4 Å². The number of ketones is 1. The Morgan fingerprint density at radius 3 is 2.19 bits per heavy atom. The number of ether oxygens (including phenoxy) is 1. The third-order valence-corrected chi connectivity index (χ3v) is 9.44. The van der Waals surface area contributed by atoms with Gasteiger partial charge in [-0.05, 0) is 41.9 Å². The van der Waals surface area contributed by atoms with Crippen LogP contribution in [0.15, 0.2) is 48.5 Å². The van der Waals surface area contributed by atoms with Crippen LogP contribution >= 0.6 is 0 Å². The Bertz CT molecular complexity index is 820. The van der Waals surface area contributed by atoms with E-state index in [9.17, 15) is 9.59 Å². The van der Waals surface area contributed by atoms with Crippen molar-refractivity contribution in [2.24, 2.45) is 0 Å². The normalized spacial score (nSPS) is 11.8. The maximum Gasteiger partial charge on any atom is 0.325 e. The lowest BCUT2D eigenvalue weighted by molar-refractivity contribution is 0.0711. The fourth-order valence-corrected chi connectivity index (χ4v) is 3.26. The van der Waals surface area contributed by atoms with E-state index in [1.54, 1.807) is 37.4 Å². The quantitative estimate of drug-likeness (QED) is 0.502. The monoisotopic (exact) mass is 384 g/mol. The molecule has 0 aliphatic heterocycles. The first-order chi connectivity index (χ1) is 12.5. The molecule has 0 amide bonds. The van der Waals surface area contributed by atoms with Crippen LogP contribution in [0.4, 0.5) is 0 Å². The zero-order valence-corrected chi connectivity index (χ0v) is 18.0. The fourth-order valence-electron chi connectivity index (χ4n) is 2.38. The molecule has 0 aromatic heterocycles. The van der Waals surface area contributed by atoms with Gasteiger partial charge in [0.1, 0.15) is 5.75 Å². The molecule has 0 N–H and O–H groups in total. The molecule has 2 aromatic rings. The average Bonchev–Trinajstić information content (AvgIpc) is 2.60. The molecule has 0 saturated heterocycles. The van der Waals surface area contributed by atoms with Crippen molar-refractivity contribution in [3.63, 3.8) is 0 Å². The van der Waals surface area contributed by atoms with Crippen LogP contribution in [0, 0.1) is 0 Å². The van der Waals surface area contributed by atoms with Crippen LogP contribution in [0.1, 0.15) is 47.1 Å². The molecule has 0 fully saturated rings. The maximum atomic E-state index is 12.9. The van der Waals surface area contributed by atoms with Crippen molar-refractivity contribution in [2.45, 2.75) is 45.3 Å². The molecule has 4 nitrogen and oxygen atoms in total. The first-order valence-corrected chi connectivity index (χ1v) is 11.9. The van der Waals surface area contributed by atoms with Gasteiger partial charge >= 0.3 is 5.97 Å². The zero-order valence-electron chi connectivity index (χ0n) is 17.0. The largest absolute Gasteiger partial charge is 0.516 e. The molecule has 5 heteroatoms. The lowest BCUT2D eigenvalue weighted by Crippen LogP contribution is -2.42. The first kappa shape index (κ1) is 20.9. The van der Waals surface area contributed by atoms with Crippen molar-refractivity contribution in [2.75, 3.05) is 7.11 Å². The van der Waals surface area contributed by atoms with Crippen molar-refractivity contribution in [1.29, 1.82) is 0 Å². The third-order valence-electron chi connectivity index (χ3n) is 5.13. The van der Waals surface area contributed by atoms with Gasteiger partial charge in [0.2, 0.25) is 0 Å². The van der Waals surface area contributed by atoms with E-state index in [1.165, 1.54) is 0 Å². The van der Waals surface area contributed by atoms with Crippen molar-refractivity contribution < 1.29 is 18.8 Å². The molecule has 0 atom stereocenters. The number of Topliss-reactive ketones (excluding diaryl/α,β-unsaturated/α-hetero) is 1. The number of carbonyl (C=O) groups is 2. The summed E-state index contributed by atoms with van der Waals surface area (Å²) in [6, 6.07) is 14.2. The smallest absolute Gasteiger partial charge is 0.325 e. The van der Waals surface area contributed by atoms with Crippen molar-refractivity contribution in [3.05, 3.63) is 65.2 Å². The molecular formula is C22H28O4Si. The SMILES string of the molecule is COc1ccc(C(=O)O[Si](C)(C)C(C)(C)C)c(CC(=O)c2ccccc2)c1. The van der Waals surface area contributed by atoms with Gasteiger partial charge in [-0.3, -0.25) is 4.79 Å². The molecule has 0 aliphatic rings. The third kappa shape index (κ3) is 5.07. The Hall–Kier alpha value is -2.40. The van der Waals surface area contributed by atoms with E-state index in [1.807, 2.05) is 31.3 Å². The summed E-state index contributed by atoms with van der Waals surface area (Å²) in [6.07, 6.45) is 0.114. The molecule has 0 unspecified atom stereocenters. The minimum atomic E-state index is -2.27. The molecule has 0 bridgehead atoms. The number of benzene rings is 2. The van der Waals surface area contributed by atoms with Gasteiger partial charge in [-0.15, -0.1) is 0 Å². The summed E-state index contributed by atoms with van der Waals surface area (Å²) in [6.45, 7) is 10.3. The van der Waals surface area contributed by atoms with Crippen LogP contribution in [-0.4, -0.2) is 27.2 Å². The second-order valence-corrected chi connectivity index (χ2v) is 12.9. The van der Waals surface area contributed by atoms with Gasteiger partial charge in [0.25, 0.3) is 8.32 Å². The highest BCUT2D eigenvalue weighted by atomic mass is 28.4. The lowest BCUT2D eigenvalue weighted by atomic mass is 9.98. The van der Waals surface area contributed by atoms with Gasteiger partial charge in [-0.25, -0.2) is 4.79 Å². The van der Waals surface area contributed by atoms with Crippen LogP contribution in [0.3, 0.4) is 0 Å². The minimum absolute atomic E-state index is 0.0507. The molecule has 144 valence electrons. The highest BCUT2D eigenvalue weighted by Crippen LogP contribution is 2.37. The second-order valence-electron chi connectivity index (χ2n) is 8.14. The van der Waals surface area contributed by atoms with Crippen LogP contribution in [0.25, 0.3) is 0 Å². The molecule has 0 saturated carbocycles. The van der Waals surface area contributed by atoms with Gasteiger partial charge in [0.15, 0.2) is 5.78 Å². The van der Waals surface area contributed by atoms with Gasteiger partial charge in [-0.2, -0.15) is 0 Å². The number of hydrogen-bond acceptors (Lipinski definition) is 4. The predicted molar refractivity (Wildman–Crippen MR) is 110 cm³/mol. The Balaban J connectivity index is 2.34. The maximum absolute atomic E-state index is 12.9. The Kier molecular flexibility index (Phi) is 6.26. The Labute approximate surface area is 162 Å². The zero-order chi connectivity index (χ0) is 20.2. The van der Waals surface area contributed by atoms with E-state index in [0.717, 1.165) is 0 Å². The van der Waals surface area contributed by atoms with Gasteiger partial charge < -0.3 is 9.16 Å². The lowest BCUT2D eigenvalue weighted by Gasteiger charge is -2.35. The van der Waals surface area contributed by atoms with Crippen LogP contribution in [-0.2, 0) is 10.8 Å². The Morgan fingerprint density at radius 2 is 1.63 bits per heavy atom. The summed E-state index contributed by atoms with van der Waals surface area (Å²) in [5, 5.41) is -0.0881. The standard InChI is InChI=1S/C22H28O4Si/c1-22(2,3)27(5,6)26-21(24)19-13-12-18(25-4)14-17(19)15-20(23)16-10-8-7-9-11-16/h7-14H,15H2,1-6H3. The predicted octanol–water partition coefficient (Wildman–Crippen LogP) is 5.28. The van der Waals surface area contributed by atoms with Crippen molar-refractivity contribution in [3.8, 4) is 5.75 Å². The number of methoxy groups -OCH3 is 1. The van der Waals surface area contributed by atoms with Crippen molar-refractivity contribution in [1.82, 2.24) is 0 Å². The summed E-state index contributed by atoms with van der Waals surface area (Å²) in [4.78, 5) is 25.6. The van der Waals surface area contributed by atoms with Gasteiger partial charge in [0.05, 0.1) is 12.7 Å². The number of carbonyl (C=O) groups excluding carboxylic acids is 2. The minimum Gasteiger partial charge on any atom is -0.516 e. The molecule has 27 heavy (non-hydrogen) atoms. The fraction of sp³-hybridized carbons (Fsp3) is 0.364. The van der Waals surface area contributed by atoms with Gasteiger partial charge in [0, 0.05) is 12.0 Å². The summed E-state index contributed by atoms with van der Waals surface area (Å²) in [5.41, 5.74) is 1.65. The first-order valence-electron chi connectivity index (χ1n) is 9.03. The summed E-state index contributed by atoms with van der Waals surface area (Å²) in [7, 11) is -0.704. The average molecular weight is 385 g/mol. The van der Waals surface area contributed by atoms with Crippen LogP contribution in [0.2, 0.25) is 18.1 Å². The molecule has 0 spiro atoms. The summed E-state index contributed by atoms with van der Waals surface area (Å²) >= 11 is 0. The summed E-state index contributed by atoms with van der Waals surface area (Å²) < 4.78 is 11.2. The van der Waals surface area contributed by atoms with E-state index in [2.05, 4.69) is 20.8 Å². The van der Waals surface area contributed by atoms with Gasteiger partial charge in [-0.1, -0.05) is 51.1 Å². The number of rotatable bonds is 6. The topological polar surface area (TPSA) is 52.6 Å². The molecule has 0 radical (unpaired) electrons. The highest BCUT2D eigenvalue weighted by Gasteiger charge is 2.40. The van der Waals surface area contributed by atoms with Crippen molar-refractivity contribution >= 4 is 20.1 Å². The molecule has 2 aromatic carbocycles. The van der Waals surface area contributed by atoms with E-state index in [-0.39, 0.29) is 23.2 Å². The van der Waals surface area contributed by atoms with Crippen LogP contribution in [0.5, 0.6) is 5.75 Å². The highest BCUT2D eigenvalue weighted by molar-refractivity contribution is 6.75. The molecular weight excluding hydrogens is 356 g/mol. The van der Waals surface area contributed by atoms with Crippen LogP contribution < -0.4 is 4.74 Å².